The van der Waals surface area contributed by atoms with E-state index in [0.717, 1.165) is 5.69 Å². The number of nitriles is 2. The van der Waals surface area contributed by atoms with Crippen LogP contribution in [0.1, 0.15) is 58.8 Å². The van der Waals surface area contributed by atoms with Crippen molar-refractivity contribution in [1.29, 1.82) is 10.5 Å². The fourth-order valence-electron chi connectivity index (χ4n) is 8.30. The van der Waals surface area contributed by atoms with Crippen LogP contribution in [-0.4, -0.2) is 90.2 Å². The number of benzene rings is 3. The van der Waals surface area contributed by atoms with Crippen molar-refractivity contribution < 1.29 is 59.8 Å². The molecule has 2 aromatic heterocycles. The molecule has 0 spiro atoms. The van der Waals surface area contributed by atoms with E-state index in [9.17, 15) is 50.3 Å². The number of nitrogens with one attached hydrogen (secondary N) is 2. The van der Waals surface area contributed by atoms with E-state index in [1.807, 2.05) is 32.4 Å². The highest BCUT2D eigenvalue weighted by atomic mass is 19.2. The highest BCUT2D eigenvalue weighted by Crippen LogP contribution is 2.34. The van der Waals surface area contributed by atoms with E-state index in [0.29, 0.717) is 67.5 Å². The first-order valence-electron chi connectivity index (χ1n) is 22.9. The Morgan fingerprint density at radius 3 is 1.53 bits per heavy atom. The zero-order valence-corrected chi connectivity index (χ0v) is 40.4. The van der Waals surface area contributed by atoms with E-state index in [2.05, 4.69) is 33.0 Å². The minimum absolute atomic E-state index is 0.0590. The summed E-state index contributed by atoms with van der Waals surface area (Å²) in [5, 5.41) is 31.3. The summed E-state index contributed by atoms with van der Waals surface area (Å²) in [5.41, 5.74) is 1.61. The summed E-state index contributed by atoms with van der Waals surface area (Å²) in [6, 6.07) is 14.1. The second kappa shape index (κ2) is 22.0. The number of aromatic nitrogens is 4. The number of rotatable bonds is 5. The molecule has 2 N–H and O–H groups in total. The maximum atomic E-state index is 13.4. The lowest BCUT2D eigenvalue weighted by Gasteiger charge is -2.36. The third-order valence-corrected chi connectivity index (χ3v) is 11.9. The molecule has 0 saturated carbocycles. The van der Waals surface area contributed by atoms with Crippen molar-refractivity contribution in [2.75, 3.05) is 33.5 Å². The van der Waals surface area contributed by atoms with Gasteiger partial charge < -0.3 is 29.5 Å². The summed E-state index contributed by atoms with van der Waals surface area (Å²) in [5.74, 6) is -9.51. The SMILES string of the molecule is C[C@H]1Cn2ncc(N3CC(C#N)CC3=O)c2CN1C(=O)Nc1cc(F)c(F)c(F)c1.C[C@H]1Cn2ncc(N3CC(C#N)CC3=O)c2CN1C(=O)OC(C)(C)C.O=C(Nc1cc(F)c(F)c(F)c1)Oc1ccccc1. The summed E-state index contributed by atoms with van der Waals surface area (Å²) in [6.45, 7) is 11.2. The van der Waals surface area contributed by atoms with Crippen LogP contribution in [0.2, 0.25) is 0 Å². The van der Waals surface area contributed by atoms with Crippen molar-refractivity contribution in [3.05, 3.63) is 113 Å². The fourth-order valence-corrected chi connectivity index (χ4v) is 8.30. The van der Waals surface area contributed by atoms with Gasteiger partial charge in [-0.3, -0.25) is 29.2 Å². The van der Waals surface area contributed by atoms with Crippen LogP contribution in [-0.2, 0) is 40.5 Å². The van der Waals surface area contributed by atoms with Gasteiger partial charge in [-0.05, 0) is 46.8 Å². The standard InChI is InChI=1S/C19H17F3N6O2.C17H23N5O3.C13H8F3NO2/c1-10-7-28-16(15(6-24-28)27-8-11(5-23)2-17(27)29)9-26(10)19(30)25-12-3-13(20)18(22)14(21)4-12;1-11-8-22-14(10-20(11)16(24)25-17(2,3)4)13(7-19-22)21-9-12(6-18)5-15(21)23;14-10-6-8(7-11(15)12(10)16)17-13(18)19-9-4-2-1-3-5-9/h3-4,6,10-11H,2,7-9H2,1H3,(H,25,30);7,11-12H,5,8-10H2,1-4H3;1-7H,(H,17,18)/t10-,11?;11-,12?;/m00./s1. The van der Waals surface area contributed by atoms with Crippen molar-refractivity contribution in [2.24, 2.45) is 11.8 Å². The molecule has 2 saturated heterocycles. The highest BCUT2D eigenvalue weighted by Gasteiger charge is 2.39. The van der Waals surface area contributed by atoms with Crippen LogP contribution < -0.4 is 25.2 Å². The van der Waals surface area contributed by atoms with Crippen molar-refractivity contribution in [3.63, 3.8) is 0 Å². The largest absolute Gasteiger partial charge is 0.444 e. The molecular formula is C49H48F6N12O7. The zero-order chi connectivity index (χ0) is 53.8. The molecule has 5 aromatic rings. The Morgan fingerprint density at radius 1 is 0.662 bits per heavy atom. The van der Waals surface area contributed by atoms with Crippen LogP contribution in [0.4, 0.5) is 63.5 Å². The van der Waals surface area contributed by atoms with Crippen LogP contribution >= 0.6 is 0 Å². The number of fused-ring (bicyclic) bond motifs is 2. The number of nitrogens with zero attached hydrogens (tertiary/aromatic N) is 10. The lowest BCUT2D eigenvalue weighted by atomic mass is 10.1. The van der Waals surface area contributed by atoms with Gasteiger partial charge in [-0.15, -0.1) is 0 Å². The van der Waals surface area contributed by atoms with Gasteiger partial charge in [0, 0.05) is 55.9 Å². The molecular weight excluding hydrogens is 983 g/mol. The second-order valence-corrected chi connectivity index (χ2v) is 18.6. The molecule has 0 bridgehead atoms. The predicted octanol–water partition coefficient (Wildman–Crippen LogP) is 8.23. The molecule has 6 amide bonds. The van der Waals surface area contributed by atoms with Crippen LogP contribution in [0, 0.1) is 69.4 Å². The molecule has 25 heteroatoms. The first kappa shape index (κ1) is 53.2. The normalized spacial score (nSPS) is 18.9. The molecule has 74 heavy (non-hydrogen) atoms. The van der Waals surface area contributed by atoms with Crippen molar-refractivity contribution in [3.8, 4) is 17.9 Å². The third-order valence-electron chi connectivity index (χ3n) is 11.9. The summed E-state index contributed by atoms with van der Waals surface area (Å²) in [6.07, 6.45) is 2.23. The number of halogens is 6. The van der Waals surface area contributed by atoms with Gasteiger partial charge in [0.15, 0.2) is 34.9 Å². The van der Waals surface area contributed by atoms with Crippen LogP contribution in [0.5, 0.6) is 5.75 Å². The van der Waals surface area contributed by atoms with Gasteiger partial charge in [0.25, 0.3) is 0 Å². The molecule has 388 valence electrons. The molecule has 4 aliphatic rings. The lowest BCUT2D eigenvalue weighted by Crippen LogP contribution is -2.47. The molecule has 2 fully saturated rings. The van der Waals surface area contributed by atoms with Crippen molar-refractivity contribution in [1.82, 2.24) is 29.4 Å². The molecule has 19 nitrogen and oxygen atoms in total. The molecule has 4 aliphatic heterocycles. The number of amides is 6. The minimum Gasteiger partial charge on any atom is -0.444 e. The number of carbonyl (C=O) groups excluding carboxylic acids is 5. The Bertz CT molecular complexity index is 3010. The van der Waals surface area contributed by atoms with E-state index in [1.54, 1.807) is 45.8 Å². The average molecular weight is 1030 g/mol. The van der Waals surface area contributed by atoms with Gasteiger partial charge >= 0.3 is 18.2 Å². The van der Waals surface area contributed by atoms with Gasteiger partial charge in [0.2, 0.25) is 11.8 Å². The predicted molar refractivity (Wildman–Crippen MR) is 251 cm³/mol. The Balaban J connectivity index is 0.000000166. The van der Waals surface area contributed by atoms with E-state index in [-0.39, 0.29) is 79.0 Å². The van der Waals surface area contributed by atoms with Crippen LogP contribution in [0.25, 0.3) is 0 Å². The monoisotopic (exact) mass is 1030 g/mol. The third kappa shape index (κ3) is 12.2. The van der Waals surface area contributed by atoms with E-state index in [4.69, 9.17) is 20.0 Å². The fraction of sp³-hybridized carbons (Fsp3) is 0.367. The number of anilines is 4. The van der Waals surface area contributed by atoms with Gasteiger partial charge in [0.05, 0.1) is 103 Å². The summed E-state index contributed by atoms with van der Waals surface area (Å²) in [7, 11) is 0. The van der Waals surface area contributed by atoms with Crippen molar-refractivity contribution >= 4 is 52.8 Å². The quantitative estimate of drug-likeness (QED) is 0.126. The molecule has 4 atom stereocenters. The first-order chi connectivity index (χ1) is 35.0. The van der Waals surface area contributed by atoms with Gasteiger partial charge in [-0.1, -0.05) is 18.2 Å². The summed E-state index contributed by atoms with van der Waals surface area (Å²) in [4.78, 5) is 67.4. The Morgan fingerprint density at radius 2 is 1.09 bits per heavy atom. The molecule has 9 rings (SSSR count). The Labute approximate surface area is 419 Å². The molecule has 0 radical (unpaired) electrons. The van der Waals surface area contributed by atoms with Gasteiger partial charge in [-0.25, -0.2) is 40.7 Å². The smallest absolute Gasteiger partial charge is 0.417 e. The molecule has 3 aromatic carbocycles. The van der Waals surface area contributed by atoms with E-state index < -0.39 is 58.5 Å². The first-order valence-corrected chi connectivity index (χ1v) is 22.9. The molecule has 6 heterocycles. The molecule has 2 unspecified atom stereocenters. The van der Waals surface area contributed by atoms with E-state index >= 15 is 0 Å². The lowest BCUT2D eigenvalue weighted by molar-refractivity contribution is -0.118. The number of carbonyl (C=O) groups is 5. The topological polar surface area (TPSA) is 224 Å². The number of ether oxygens (including phenoxy) is 2. The number of para-hydroxylation sites is 1. The number of urea groups is 1. The van der Waals surface area contributed by atoms with E-state index in [1.165, 1.54) is 28.1 Å². The molecule has 0 aliphatic carbocycles. The summed E-state index contributed by atoms with van der Waals surface area (Å²) < 4.78 is 92.4. The van der Waals surface area contributed by atoms with Gasteiger partial charge in [0.1, 0.15) is 11.4 Å². The number of hydrogen-bond donors (Lipinski definition) is 2. The zero-order valence-electron chi connectivity index (χ0n) is 40.4. The second-order valence-electron chi connectivity index (χ2n) is 18.6. The minimum atomic E-state index is -1.61. The van der Waals surface area contributed by atoms with Crippen LogP contribution in [0.3, 0.4) is 0 Å². The Hall–Kier alpha value is -8.61. The van der Waals surface area contributed by atoms with Crippen LogP contribution in [0.15, 0.2) is 67.0 Å². The highest BCUT2D eigenvalue weighted by molar-refractivity contribution is 5.97. The van der Waals surface area contributed by atoms with Gasteiger partial charge in [-0.2, -0.15) is 20.7 Å². The maximum Gasteiger partial charge on any atom is 0.417 e. The summed E-state index contributed by atoms with van der Waals surface area (Å²) >= 11 is 0. The van der Waals surface area contributed by atoms with Crippen molar-refractivity contribution in [2.45, 2.75) is 91.3 Å². The maximum absolute atomic E-state index is 13.4. The average Bonchev–Trinajstić information content (AvgIpc) is 4.13. The number of hydrogen-bond acceptors (Lipinski definition) is 11. The Kier molecular flexibility index (Phi) is 15.8.